The first-order valence-electron chi connectivity index (χ1n) is 11.4. The first kappa shape index (κ1) is 28.2. The van der Waals surface area contributed by atoms with Crippen molar-refractivity contribution in [2.24, 2.45) is 11.8 Å². The SMILES string of the molecule is C=CCOCC(COc1ccc(CCCCCC)cc1)OCC1CCCC1C(=O)[O-].[Na+]. The van der Waals surface area contributed by atoms with Crippen LogP contribution >= 0.6 is 0 Å². The average molecular weight is 441 g/mol. The monoisotopic (exact) mass is 440 g/mol. The van der Waals surface area contributed by atoms with E-state index in [2.05, 4.69) is 25.6 Å². The molecule has 5 nitrogen and oxygen atoms in total. The van der Waals surface area contributed by atoms with Crippen molar-refractivity contribution in [3.63, 3.8) is 0 Å². The van der Waals surface area contributed by atoms with Gasteiger partial charge in [-0.25, -0.2) is 0 Å². The number of hydrogen-bond donors (Lipinski definition) is 0. The maximum Gasteiger partial charge on any atom is 1.00 e. The Morgan fingerprint density at radius 3 is 2.65 bits per heavy atom. The summed E-state index contributed by atoms with van der Waals surface area (Å²) >= 11 is 0. The molecule has 1 saturated carbocycles. The summed E-state index contributed by atoms with van der Waals surface area (Å²) in [5.41, 5.74) is 1.33. The van der Waals surface area contributed by atoms with Gasteiger partial charge in [-0.15, -0.1) is 6.58 Å². The van der Waals surface area contributed by atoms with E-state index in [1.54, 1.807) is 6.08 Å². The smallest absolute Gasteiger partial charge is 0.550 e. The standard InChI is InChI=1S/C25H38O5.Na/c1-3-5-6-7-9-20-12-14-22(15-13-20)30-19-23(18-28-16-4-2)29-17-21-10-8-11-24(21)25(26)27;/h4,12-15,21,23-24H,2-3,5-11,16-19H2,1H3,(H,26,27);/q;+1/p-1. The van der Waals surface area contributed by atoms with E-state index in [9.17, 15) is 9.90 Å². The number of aliphatic carboxylic acids is 1. The minimum absolute atomic E-state index is 0. The van der Waals surface area contributed by atoms with Gasteiger partial charge in [0.15, 0.2) is 0 Å². The predicted molar refractivity (Wildman–Crippen MR) is 116 cm³/mol. The van der Waals surface area contributed by atoms with Crippen molar-refractivity contribution in [1.82, 2.24) is 0 Å². The molecule has 3 atom stereocenters. The minimum atomic E-state index is -0.966. The number of carbonyl (C=O) groups is 1. The third kappa shape index (κ3) is 11.0. The fourth-order valence-electron chi connectivity index (χ4n) is 3.93. The molecule has 0 radical (unpaired) electrons. The summed E-state index contributed by atoms with van der Waals surface area (Å²) in [5, 5.41) is 11.3. The average Bonchev–Trinajstić information content (AvgIpc) is 3.23. The zero-order chi connectivity index (χ0) is 21.6. The zero-order valence-electron chi connectivity index (χ0n) is 19.4. The van der Waals surface area contributed by atoms with Crippen molar-refractivity contribution < 1.29 is 53.7 Å². The maximum absolute atomic E-state index is 11.3. The van der Waals surface area contributed by atoms with Gasteiger partial charge >= 0.3 is 29.6 Å². The van der Waals surface area contributed by atoms with Crippen LogP contribution in [-0.4, -0.2) is 38.5 Å². The van der Waals surface area contributed by atoms with Crippen molar-refractivity contribution in [1.29, 1.82) is 0 Å². The van der Waals surface area contributed by atoms with Crippen molar-refractivity contribution >= 4 is 5.97 Å². The molecule has 2 rings (SSSR count). The molecule has 0 aromatic heterocycles. The second-order valence-corrected chi connectivity index (χ2v) is 8.16. The molecule has 3 unspecified atom stereocenters. The van der Waals surface area contributed by atoms with Crippen LogP contribution in [0.3, 0.4) is 0 Å². The molecule has 0 bridgehead atoms. The first-order valence-corrected chi connectivity index (χ1v) is 11.4. The van der Waals surface area contributed by atoms with Gasteiger partial charge in [-0.2, -0.15) is 0 Å². The Labute approximate surface area is 209 Å². The van der Waals surface area contributed by atoms with E-state index in [4.69, 9.17) is 14.2 Å². The summed E-state index contributed by atoms with van der Waals surface area (Å²) in [6, 6.07) is 8.24. The molecule has 1 aliphatic carbocycles. The molecular weight excluding hydrogens is 403 g/mol. The van der Waals surface area contributed by atoms with Crippen molar-refractivity contribution in [3.05, 3.63) is 42.5 Å². The Bertz CT molecular complexity index is 619. The van der Waals surface area contributed by atoms with E-state index < -0.39 is 11.9 Å². The summed E-state index contributed by atoms with van der Waals surface area (Å²) in [5.74, 6) is -0.570. The quantitative estimate of drug-likeness (QED) is 0.218. The minimum Gasteiger partial charge on any atom is -0.550 e. The number of ether oxygens (including phenoxy) is 3. The molecule has 168 valence electrons. The summed E-state index contributed by atoms with van der Waals surface area (Å²) in [4.78, 5) is 11.3. The molecule has 1 fully saturated rings. The molecule has 0 aliphatic heterocycles. The number of aryl methyl sites for hydroxylation is 1. The Morgan fingerprint density at radius 1 is 1.19 bits per heavy atom. The number of hydrogen-bond acceptors (Lipinski definition) is 5. The molecule has 0 amide bonds. The third-order valence-corrected chi connectivity index (χ3v) is 5.73. The van der Waals surface area contributed by atoms with Gasteiger partial charge in [-0.3, -0.25) is 0 Å². The summed E-state index contributed by atoms with van der Waals surface area (Å²) in [6.45, 7) is 7.45. The molecule has 1 aliphatic rings. The van der Waals surface area contributed by atoms with Crippen LogP contribution in [0.15, 0.2) is 36.9 Å². The summed E-state index contributed by atoms with van der Waals surface area (Å²) in [7, 11) is 0. The van der Waals surface area contributed by atoms with E-state index in [0.29, 0.717) is 32.8 Å². The molecule has 0 spiro atoms. The van der Waals surface area contributed by atoms with E-state index in [0.717, 1.165) is 25.0 Å². The Hall–Kier alpha value is -0.850. The van der Waals surface area contributed by atoms with Crippen LogP contribution in [0.25, 0.3) is 0 Å². The predicted octanol–water partition coefficient (Wildman–Crippen LogP) is 0.946. The van der Waals surface area contributed by atoms with Gasteiger partial charge < -0.3 is 24.1 Å². The van der Waals surface area contributed by atoms with E-state index in [1.165, 1.54) is 31.2 Å². The second-order valence-electron chi connectivity index (χ2n) is 8.16. The van der Waals surface area contributed by atoms with E-state index >= 15 is 0 Å². The fourth-order valence-corrected chi connectivity index (χ4v) is 3.93. The van der Waals surface area contributed by atoms with Crippen molar-refractivity contribution in [2.45, 2.75) is 64.4 Å². The van der Waals surface area contributed by atoms with Crippen molar-refractivity contribution in [2.75, 3.05) is 26.4 Å². The number of carbonyl (C=O) groups excluding carboxylic acids is 1. The van der Waals surface area contributed by atoms with Crippen molar-refractivity contribution in [3.8, 4) is 5.75 Å². The van der Waals surface area contributed by atoms with Crippen LogP contribution < -0.4 is 39.4 Å². The largest absolute Gasteiger partial charge is 1.00 e. The molecular formula is C25H37NaO5. The number of unbranched alkanes of at least 4 members (excludes halogenated alkanes) is 3. The van der Waals surface area contributed by atoms with Gasteiger partial charge in [0.2, 0.25) is 0 Å². The molecule has 1 aromatic carbocycles. The first-order chi connectivity index (χ1) is 14.6. The molecule has 0 N–H and O–H groups in total. The van der Waals surface area contributed by atoms with Gasteiger partial charge in [-0.1, -0.05) is 50.8 Å². The number of rotatable bonds is 16. The van der Waals surface area contributed by atoms with E-state index in [-0.39, 0.29) is 41.6 Å². The van der Waals surface area contributed by atoms with Gasteiger partial charge in [0.1, 0.15) is 18.5 Å². The van der Waals surface area contributed by atoms with E-state index in [1.807, 2.05) is 12.1 Å². The number of benzene rings is 1. The van der Waals surface area contributed by atoms with Gasteiger partial charge in [0.05, 0.1) is 19.8 Å². The second kappa shape index (κ2) is 16.7. The number of carboxylic acid groups (broad SMARTS) is 1. The molecule has 1 aromatic rings. The van der Waals surface area contributed by atoms with Crippen LogP contribution in [-0.2, 0) is 20.7 Å². The molecule has 0 heterocycles. The zero-order valence-corrected chi connectivity index (χ0v) is 21.4. The Kier molecular flexibility index (Phi) is 15.2. The topological polar surface area (TPSA) is 67.8 Å². The third-order valence-electron chi connectivity index (χ3n) is 5.73. The fraction of sp³-hybridized carbons (Fsp3) is 0.640. The normalized spacial score (nSPS) is 18.9. The van der Waals surface area contributed by atoms with Crippen LogP contribution in [0.1, 0.15) is 57.4 Å². The number of carboxylic acids is 1. The Morgan fingerprint density at radius 2 is 1.97 bits per heavy atom. The summed E-state index contributed by atoms with van der Waals surface area (Å²) in [6.07, 6.45) is 10.0. The van der Waals surface area contributed by atoms with Gasteiger partial charge in [-0.05, 0) is 49.3 Å². The van der Waals surface area contributed by atoms with Gasteiger partial charge in [0, 0.05) is 11.9 Å². The molecule has 0 saturated heterocycles. The molecule has 6 heteroatoms. The van der Waals surface area contributed by atoms with Crippen LogP contribution in [0.2, 0.25) is 0 Å². The van der Waals surface area contributed by atoms with Crippen LogP contribution in [0.5, 0.6) is 5.75 Å². The maximum atomic E-state index is 11.3. The summed E-state index contributed by atoms with van der Waals surface area (Å²) < 4.78 is 17.5. The van der Waals surface area contributed by atoms with Crippen LogP contribution in [0.4, 0.5) is 0 Å². The molecule has 31 heavy (non-hydrogen) atoms. The van der Waals surface area contributed by atoms with Gasteiger partial charge in [0.25, 0.3) is 0 Å². The van der Waals surface area contributed by atoms with Crippen LogP contribution in [0, 0.1) is 11.8 Å². The Balaban J connectivity index is 0.00000480.